The molecule has 22 heavy (non-hydrogen) atoms. The maximum absolute atomic E-state index is 12.0. The van der Waals surface area contributed by atoms with Crippen molar-refractivity contribution < 1.29 is 9.53 Å². The minimum absolute atomic E-state index is 0.172. The Hall–Kier alpha value is -0.650. The van der Waals surface area contributed by atoms with Crippen molar-refractivity contribution in [2.24, 2.45) is 0 Å². The molecule has 0 aromatic rings. The van der Waals surface area contributed by atoms with Gasteiger partial charge in [-0.25, -0.2) is 0 Å². The van der Waals surface area contributed by atoms with Crippen LogP contribution in [0.3, 0.4) is 0 Å². The van der Waals surface area contributed by atoms with E-state index >= 15 is 0 Å². The number of carbonyl (C=O) groups is 1. The third-order valence-corrected chi connectivity index (χ3v) is 4.55. The third kappa shape index (κ3) is 5.21. The number of hydrogen-bond donors (Lipinski definition) is 1. The Balaban J connectivity index is 1.73. The number of carbonyl (C=O) groups excluding carboxylic acids is 1. The van der Waals surface area contributed by atoms with Crippen molar-refractivity contribution in [2.75, 3.05) is 32.8 Å². The second-order valence-corrected chi connectivity index (χ2v) is 7.31. The van der Waals surface area contributed by atoms with Crippen molar-refractivity contribution in [1.29, 1.82) is 0 Å². The molecule has 2 heterocycles. The van der Waals surface area contributed by atoms with E-state index in [1.54, 1.807) is 0 Å². The Morgan fingerprint density at radius 2 is 1.82 bits per heavy atom. The molecule has 0 radical (unpaired) electrons. The van der Waals surface area contributed by atoms with Gasteiger partial charge >= 0.3 is 0 Å². The van der Waals surface area contributed by atoms with Crippen molar-refractivity contribution in [3.05, 3.63) is 0 Å². The van der Waals surface area contributed by atoms with Crippen molar-refractivity contribution in [1.82, 2.24) is 15.1 Å². The van der Waals surface area contributed by atoms with Crippen LogP contribution >= 0.6 is 0 Å². The minimum atomic E-state index is 0.172. The van der Waals surface area contributed by atoms with Gasteiger partial charge in [-0.2, -0.15) is 0 Å². The van der Waals surface area contributed by atoms with Crippen molar-refractivity contribution in [3.63, 3.8) is 0 Å². The number of hydrogen-bond acceptors (Lipinski definition) is 4. The summed E-state index contributed by atoms with van der Waals surface area (Å²) in [5, 5.41) is 3.01. The highest BCUT2D eigenvalue weighted by Crippen LogP contribution is 2.29. The Kier molecular flexibility index (Phi) is 6.66. The molecule has 0 saturated carbocycles. The first-order valence-corrected chi connectivity index (χ1v) is 8.84. The maximum atomic E-state index is 12.0. The number of fused-ring (bicyclic) bond motifs is 2. The highest BCUT2D eigenvalue weighted by Gasteiger charge is 2.40. The molecule has 2 rings (SSSR count). The van der Waals surface area contributed by atoms with Crippen LogP contribution < -0.4 is 5.32 Å². The molecule has 0 spiro atoms. The largest absolute Gasteiger partial charge is 0.379 e. The quantitative estimate of drug-likeness (QED) is 0.690. The fourth-order valence-corrected chi connectivity index (χ4v) is 3.66. The molecule has 2 fully saturated rings. The van der Waals surface area contributed by atoms with E-state index in [4.69, 9.17) is 4.74 Å². The molecular weight excluding hydrogens is 278 g/mol. The lowest BCUT2D eigenvalue weighted by atomic mass is 10.1. The average Bonchev–Trinajstić information content (AvgIpc) is 2.66. The molecule has 5 heteroatoms. The van der Waals surface area contributed by atoms with E-state index in [0.717, 1.165) is 32.7 Å². The maximum Gasteiger partial charge on any atom is 0.234 e. The van der Waals surface area contributed by atoms with Crippen molar-refractivity contribution in [2.45, 2.75) is 71.2 Å². The zero-order valence-electron chi connectivity index (χ0n) is 14.7. The topological polar surface area (TPSA) is 44.8 Å². The summed E-state index contributed by atoms with van der Waals surface area (Å²) in [4.78, 5) is 17.0. The molecule has 128 valence electrons. The molecule has 2 aliphatic heterocycles. The van der Waals surface area contributed by atoms with Gasteiger partial charge in [0, 0.05) is 44.4 Å². The van der Waals surface area contributed by atoms with Crippen molar-refractivity contribution in [3.8, 4) is 0 Å². The summed E-state index contributed by atoms with van der Waals surface area (Å²) in [5.41, 5.74) is 0. The Morgan fingerprint density at radius 3 is 2.36 bits per heavy atom. The third-order valence-electron chi connectivity index (χ3n) is 4.55. The lowest BCUT2D eigenvalue weighted by Gasteiger charge is -2.40. The van der Waals surface area contributed by atoms with Crippen LogP contribution in [0.1, 0.15) is 47.0 Å². The van der Waals surface area contributed by atoms with Gasteiger partial charge in [-0.05, 0) is 47.0 Å². The van der Waals surface area contributed by atoms with Crippen LogP contribution in [0.5, 0.6) is 0 Å². The molecule has 0 aromatic carbocycles. The van der Waals surface area contributed by atoms with Crippen LogP contribution in [0.15, 0.2) is 0 Å². The molecule has 2 saturated heterocycles. The van der Waals surface area contributed by atoms with Gasteiger partial charge in [0.2, 0.25) is 5.91 Å². The van der Waals surface area contributed by atoms with Crippen molar-refractivity contribution >= 4 is 5.91 Å². The Labute approximate surface area is 135 Å². The summed E-state index contributed by atoms with van der Waals surface area (Å²) in [6.45, 7) is 12.9. The summed E-state index contributed by atoms with van der Waals surface area (Å²) in [6, 6.07) is 1.35. The standard InChI is InChI=1S/C17H33N3O2/c1-13(2)18-17(21)12-20-15-6-7-16(20)11-19(10-15)8-5-9-22-14(3)4/h13-16H,5-12H2,1-4H3,(H,18,21)/t15-,16+. The fourth-order valence-electron chi connectivity index (χ4n) is 3.66. The van der Waals surface area contributed by atoms with E-state index in [1.165, 1.54) is 12.8 Å². The zero-order valence-corrected chi connectivity index (χ0v) is 14.7. The Morgan fingerprint density at radius 1 is 1.18 bits per heavy atom. The predicted octanol–water partition coefficient (Wildman–Crippen LogP) is 1.47. The van der Waals surface area contributed by atoms with Gasteiger partial charge in [-0.3, -0.25) is 9.69 Å². The predicted molar refractivity (Wildman–Crippen MR) is 88.9 cm³/mol. The number of rotatable bonds is 8. The van der Waals surface area contributed by atoms with E-state index in [-0.39, 0.29) is 11.9 Å². The van der Waals surface area contributed by atoms with E-state index in [9.17, 15) is 4.79 Å². The molecule has 0 aromatic heterocycles. The van der Waals surface area contributed by atoms with Crippen LogP contribution in [-0.4, -0.2) is 72.7 Å². The van der Waals surface area contributed by atoms with Gasteiger partial charge < -0.3 is 15.0 Å². The number of nitrogens with zero attached hydrogens (tertiary/aromatic N) is 2. The van der Waals surface area contributed by atoms with Gasteiger partial charge in [-0.15, -0.1) is 0 Å². The van der Waals surface area contributed by atoms with Crippen LogP contribution in [0.4, 0.5) is 0 Å². The number of piperazine rings is 1. The highest BCUT2D eigenvalue weighted by atomic mass is 16.5. The van der Waals surface area contributed by atoms with E-state index < -0.39 is 0 Å². The molecular formula is C17H33N3O2. The van der Waals surface area contributed by atoms with Gasteiger partial charge in [0.1, 0.15) is 0 Å². The molecule has 0 unspecified atom stereocenters. The fraction of sp³-hybridized carbons (Fsp3) is 0.941. The molecule has 1 N–H and O–H groups in total. The first kappa shape index (κ1) is 17.7. The number of ether oxygens (including phenoxy) is 1. The second-order valence-electron chi connectivity index (χ2n) is 7.31. The normalized spacial score (nSPS) is 26.1. The first-order valence-electron chi connectivity index (χ1n) is 8.84. The summed E-state index contributed by atoms with van der Waals surface area (Å²) in [6.07, 6.45) is 3.90. The van der Waals surface area contributed by atoms with Crippen LogP contribution in [0.2, 0.25) is 0 Å². The minimum Gasteiger partial charge on any atom is -0.379 e. The van der Waals surface area contributed by atoms with E-state index in [1.807, 2.05) is 13.8 Å². The lowest BCUT2D eigenvalue weighted by molar-refractivity contribution is -0.124. The Bertz CT molecular complexity index is 346. The summed E-state index contributed by atoms with van der Waals surface area (Å²) >= 11 is 0. The molecule has 0 aliphatic carbocycles. The summed E-state index contributed by atoms with van der Waals surface area (Å²) < 4.78 is 5.62. The molecule has 2 atom stereocenters. The highest BCUT2D eigenvalue weighted by molar-refractivity contribution is 5.78. The number of nitrogens with one attached hydrogen (secondary N) is 1. The average molecular weight is 311 g/mol. The van der Waals surface area contributed by atoms with Crippen LogP contribution in [0.25, 0.3) is 0 Å². The smallest absolute Gasteiger partial charge is 0.234 e. The molecule has 2 aliphatic rings. The molecule has 1 amide bonds. The number of likely N-dealkylation sites (tertiary alicyclic amines) is 1. The van der Waals surface area contributed by atoms with Gasteiger partial charge in [-0.1, -0.05) is 0 Å². The summed E-state index contributed by atoms with van der Waals surface area (Å²) in [5.74, 6) is 0.172. The molecule has 2 bridgehead atoms. The lowest BCUT2D eigenvalue weighted by Crippen LogP contribution is -2.56. The first-order chi connectivity index (χ1) is 10.5. The number of amides is 1. The van der Waals surface area contributed by atoms with E-state index in [0.29, 0.717) is 24.7 Å². The van der Waals surface area contributed by atoms with Gasteiger partial charge in [0.25, 0.3) is 0 Å². The van der Waals surface area contributed by atoms with Crippen LogP contribution in [-0.2, 0) is 9.53 Å². The second kappa shape index (κ2) is 8.27. The zero-order chi connectivity index (χ0) is 16.1. The van der Waals surface area contributed by atoms with Gasteiger partial charge in [0.15, 0.2) is 0 Å². The van der Waals surface area contributed by atoms with Gasteiger partial charge in [0.05, 0.1) is 12.6 Å². The van der Waals surface area contributed by atoms with E-state index in [2.05, 4.69) is 29.0 Å². The molecule has 5 nitrogen and oxygen atoms in total. The summed E-state index contributed by atoms with van der Waals surface area (Å²) in [7, 11) is 0. The van der Waals surface area contributed by atoms with Crippen LogP contribution in [0, 0.1) is 0 Å². The SMILES string of the molecule is CC(C)NC(=O)CN1[C@@H]2CC[C@H]1CN(CCCOC(C)C)C2. The monoisotopic (exact) mass is 311 g/mol.